The first-order valence-corrected chi connectivity index (χ1v) is 12.7. The van der Waals surface area contributed by atoms with Crippen molar-refractivity contribution in [3.63, 3.8) is 0 Å². The van der Waals surface area contributed by atoms with Gasteiger partial charge in [0.2, 0.25) is 0 Å². The summed E-state index contributed by atoms with van der Waals surface area (Å²) in [4.78, 5) is 0. The van der Waals surface area contributed by atoms with Crippen LogP contribution < -0.4 is 0 Å². The van der Waals surface area contributed by atoms with Crippen molar-refractivity contribution in [3.05, 3.63) is 133 Å². The van der Waals surface area contributed by atoms with Gasteiger partial charge in [-0.15, -0.1) is 0 Å². The van der Waals surface area contributed by atoms with Gasteiger partial charge in [0.1, 0.15) is 11.2 Å². The van der Waals surface area contributed by atoms with Crippen LogP contribution in [0.5, 0.6) is 0 Å². The smallest absolute Gasteiger partial charge is 0.136 e. The van der Waals surface area contributed by atoms with Crippen molar-refractivity contribution in [2.24, 2.45) is 0 Å². The third kappa shape index (κ3) is 2.98. The largest absolute Gasteiger partial charge is 0.456 e. The lowest BCUT2D eigenvalue weighted by atomic mass is 9.89. The predicted octanol–water partition coefficient (Wildman–Crippen LogP) is 10.4. The zero-order chi connectivity index (χ0) is 24.3. The van der Waals surface area contributed by atoms with E-state index in [1.807, 2.05) is 12.1 Å². The highest BCUT2D eigenvalue weighted by Gasteiger charge is 2.16. The Morgan fingerprint density at radius 1 is 0.324 bits per heavy atom. The highest BCUT2D eigenvalue weighted by Crippen LogP contribution is 2.42. The Labute approximate surface area is 214 Å². The van der Waals surface area contributed by atoms with Gasteiger partial charge in [-0.25, -0.2) is 0 Å². The Balaban J connectivity index is 1.43. The average molecular weight is 471 g/mol. The topological polar surface area (TPSA) is 13.1 Å². The van der Waals surface area contributed by atoms with Gasteiger partial charge in [-0.3, -0.25) is 0 Å². The first-order valence-electron chi connectivity index (χ1n) is 12.7. The molecular formula is C36H22O. The molecule has 0 N–H and O–H groups in total. The van der Waals surface area contributed by atoms with E-state index < -0.39 is 0 Å². The lowest BCUT2D eigenvalue weighted by molar-refractivity contribution is 0.669. The van der Waals surface area contributed by atoms with E-state index in [2.05, 4.69) is 121 Å². The molecule has 0 radical (unpaired) electrons. The van der Waals surface area contributed by atoms with Crippen molar-refractivity contribution in [1.29, 1.82) is 0 Å². The van der Waals surface area contributed by atoms with Gasteiger partial charge in [0, 0.05) is 10.8 Å². The van der Waals surface area contributed by atoms with Gasteiger partial charge in [0.25, 0.3) is 0 Å². The molecule has 0 saturated carbocycles. The summed E-state index contributed by atoms with van der Waals surface area (Å²) in [6.07, 6.45) is 0. The summed E-state index contributed by atoms with van der Waals surface area (Å²) in [5, 5.41) is 10.1. The number of benzene rings is 7. The molecule has 0 bridgehead atoms. The maximum Gasteiger partial charge on any atom is 0.136 e. The average Bonchev–Trinajstić information content (AvgIpc) is 3.36. The molecular weight excluding hydrogens is 448 g/mol. The molecule has 1 nitrogen and oxygen atoms in total. The quantitative estimate of drug-likeness (QED) is 0.229. The minimum Gasteiger partial charge on any atom is -0.456 e. The third-order valence-electron chi connectivity index (χ3n) is 7.67. The second-order valence-corrected chi connectivity index (χ2v) is 9.67. The highest BCUT2D eigenvalue weighted by atomic mass is 16.3. The number of rotatable bonds is 2. The lowest BCUT2D eigenvalue weighted by Crippen LogP contribution is -1.88. The van der Waals surface area contributed by atoms with E-state index in [1.165, 1.54) is 60.0 Å². The zero-order valence-corrected chi connectivity index (χ0v) is 20.1. The molecule has 0 saturated heterocycles. The minimum atomic E-state index is 0.921. The van der Waals surface area contributed by atoms with Crippen molar-refractivity contribution < 1.29 is 4.42 Å². The number of hydrogen-bond donors (Lipinski definition) is 0. The highest BCUT2D eigenvalue weighted by molar-refractivity contribution is 6.26. The maximum atomic E-state index is 6.21. The van der Waals surface area contributed by atoms with Crippen LogP contribution in [0.15, 0.2) is 138 Å². The molecule has 8 aromatic rings. The summed E-state index contributed by atoms with van der Waals surface area (Å²) in [6, 6.07) is 47.9. The molecule has 0 unspecified atom stereocenters. The molecule has 1 aromatic heterocycles. The van der Waals surface area contributed by atoms with Crippen LogP contribution in [0.3, 0.4) is 0 Å². The number of para-hydroxylation sites is 1. The number of fused-ring (bicyclic) bond motifs is 9. The van der Waals surface area contributed by atoms with Crippen LogP contribution in [0.4, 0.5) is 0 Å². The second-order valence-electron chi connectivity index (χ2n) is 9.67. The fourth-order valence-electron chi connectivity index (χ4n) is 6.04. The molecule has 172 valence electrons. The van der Waals surface area contributed by atoms with E-state index in [1.54, 1.807) is 0 Å². The summed E-state index contributed by atoms with van der Waals surface area (Å²) < 4.78 is 6.21. The molecule has 0 spiro atoms. The summed E-state index contributed by atoms with van der Waals surface area (Å²) in [5.74, 6) is 0. The van der Waals surface area contributed by atoms with Crippen LogP contribution in [0.25, 0.3) is 76.5 Å². The Morgan fingerprint density at radius 3 is 1.57 bits per heavy atom. The van der Waals surface area contributed by atoms with E-state index in [-0.39, 0.29) is 0 Å². The Bertz CT molecular complexity index is 2110. The van der Waals surface area contributed by atoms with Crippen LogP contribution >= 0.6 is 0 Å². The van der Waals surface area contributed by atoms with Gasteiger partial charge in [-0.05, 0) is 72.8 Å². The molecule has 0 fully saturated rings. The number of furan rings is 1. The van der Waals surface area contributed by atoms with Gasteiger partial charge < -0.3 is 4.42 Å². The summed E-state index contributed by atoms with van der Waals surface area (Å²) in [5.41, 5.74) is 6.69. The Morgan fingerprint density at radius 2 is 0.838 bits per heavy atom. The summed E-state index contributed by atoms with van der Waals surface area (Å²) in [7, 11) is 0. The molecule has 0 aliphatic rings. The van der Waals surface area contributed by atoms with Crippen LogP contribution in [0.2, 0.25) is 0 Å². The van der Waals surface area contributed by atoms with E-state index in [0.29, 0.717) is 0 Å². The third-order valence-corrected chi connectivity index (χ3v) is 7.67. The van der Waals surface area contributed by atoms with Gasteiger partial charge in [-0.1, -0.05) is 115 Å². The van der Waals surface area contributed by atoms with Crippen LogP contribution in [0, 0.1) is 0 Å². The summed E-state index contributed by atoms with van der Waals surface area (Å²) in [6.45, 7) is 0. The normalized spacial score (nSPS) is 11.8. The fourth-order valence-corrected chi connectivity index (χ4v) is 6.04. The van der Waals surface area contributed by atoms with Crippen molar-refractivity contribution >= 4 is 54.3 Å². The first kappa shape index (κ1) is 20.3. The molecule has 0 aliphatic heterocycles. The zero-order valence-electron chi connectivity index (χ0n) is 20.1. The molecule has 0 aliphatic carbocycles. The standard InChI is InChI=1S/C36H22O/c1-2-11-25(31-17-9-19-35-36(31)32-16-7-8-18-34(32)37-35)24(10-1)23-20-21-30-28-14-4-3-12-26(28)27-13-5-6-15-29(27)33(30)22-23/h1-22H. The van der Waals surface area contributed by atoms with Gasteiger partial charge in [-0.2, -0.15) is 0 Å². The molecule has 7 aromatic carbocycles. The van der Waals surface area contributed by atoms with Gasteiger partial charge in [0.05, 0.1) is 0 Å². The van der Waals surface area contributed by atoms with Gasteiger partial charge in [0.15, 0.2) is 0 Å². The maximum absolute atomic E-state index is 6.21. The van der Waals surface area contributed by atoms with E-state index in [0.717, 1.165) is 16.6 Å². The van der Waals surface area contributed by atoms with E-state index in [4.69, 9.17) is 4.42 Å². The van der Waals surface area contributed by atoms with Crippen LogP contribution in [-0.4, -0.2) is 0 Å². The van der Waals surface area contributed by atoms with Crippen LogP contribution in [0.1, 0.15) is 0 Å². The fraction of sp³-hybridized carbons (Fsp3) is 0. The first-order chi connectivity index (χ1) is 18.4. The summed E-state index contributed by atoms with van der Waals surface area (Å²) >= 11 is 0. The van der Waals surface area contributed by atoms with Crippen molar-refractivity contribution in [2.45, 2.75) is 0 Å². The lowest BCUT2D eigenvalue weighted by Gasteiger charge is -2.14. The Hall–Kier alpha value is -4.88. The van der Waals surface area contributed by atoms with E-state index >= 15 is 0 Å². The molecule has 8 rings (SSSR count). The Kier molecular flexibility index (Phi) is 4.29. The molecule has 1 heterocycles. The molecule has 1 heteroatoms. The van der Waals surface area contributed by atoms with Crippen molar-refractivity contribution in [3.8, 4) is 22.3 Å². The van der Waals surface area contributed by atoms with Crippen molar-refractivity contribution in [1.82, 2.24) is 0 Å². The van der Waals surface area contributed by atoms with E-state index in [9.17, 15) is 0 Å². The SMILES string of the molecule is c1ccc(-c2cccc3oc4ccccc4c23)c(-c2ccc3c4ccccc4c4ccccc4c3c2)c1. The molecule has 0 atom stereocenters. The van der Waals surface area contributed by atoms with Crippen LogP contribution in [-0.2, 0) is 0 Å². The number of hydrogen-bond acceptors (Lipinski definition) is 1. The van der Waals surface area contributed by atoms with Gasteiger partial charge >= 0.3 is 0 Å². The monoisotopic (exact) mass is 470 g/mol. The minimum absolute atomic E-state index is 0.921. The molecule has 37 heavy (non-hydrogen) atoms. The predicted molar refractivity (Wildman–Crippen MR) is 157 cm³/mol. The molecule has 0 amide bonds. The second kappa shape index (κ2) is 7.81. The van der Waals surface area contributed by atoms with Crippen molar-refractivity contribution in [2.75, 3.05) is 0 Å².